The third-order valence-corrected chi connectivity index (χ3v) is 1.84. The molecule has 14 heavy (non-hydrogen) atoms. The summed E-state index contributed by atoms with van der Waals surface area (Å²) < 4.78 is 18.7. The molecule has 0 saturated carbocycles. The zero-order chi connectivity index (χ0) is 10.8. The maximum Gasteiger partial charge on any atom is 0.148 e. The molecule has 0 aliphatic carbocycles. The molecule has 2 nitrogen and oxygen atoms in total. The van der Waals surface area contributed by atoms with E-state index in [0.717, 1.165) is 0 Å². The van der Waals surface area contributed by atoms with Gasteiger partial charge in [0.1, 0.15) is 11.6 Å². The van der Waals surface area contributed by atoms with Gasteiger partial charge in [-0.25, -0.2) is 4.39 Å². The molecule has 0 amide bonds. The molecule has 0 fully saturated rings. The van der Waals surface area contributed by atoms with Crippen molar-refractivity contribution in [2.24, 2.45) is 0 Å². The van der Waals surface area contributed by atoms with Gasteiger partial charge in [-0.3, -0.25) is 4.98 Å². The molecule has 0 unspecified atom stereocenters. The maximum absolute atomic E-state index is 13.5. The summed E-state index contributed by atoms with van der Waals surface area (Å²) in [5.41, 5.74) is 0.204. The molecule has 0 radical (unpaired) electrons. The Hall–Kier alpha value is -1.12. The van der Waals surface area contributed by atoms with E-state index < -0.39 is 0 Å². The second-order valence-corrected chi connectivity index (χ2v) is 4.18. The van der Waals surface area contributed by atoms with Gasteiger partial charge >= 0.3 is 0 Å². The highest BCUT2D eigenvalue weighted by atomic mass is 19.1. The predicted octanol–water partition coefficient (Wildman–Crippen LogP) is 2.92. The largest absolute Gasteiger partial charge is 0.492 e. The van der Waals surface area contributed by atoms with Crippen LogP contribution in [0.1, 0.15) is 33.4 Å². The van der Waals surface area contributed by atoms with E-state index in [9.17, 15) is 4.39 Å². The van der Waals surface area contributed by atoms with Crippen molar-refractivity contribution in [3.8, 4) is 5.75 Å². The SMILES string of the molecule is CCOc1cnc(C(C)(C)C)c(F)c1. The van der Waals surface area contributed by atoms with Crippen molar-refractivity contribution >= 4 is 0 Å². The summed E-state index contributed by atoms with van der Waals surface area (Å²) in [5.74, 6) is 0.182. The molecule has 0 atom stereocenters. The quantitative estimate of drug-likeness (QED) is 0.727. The predicted molar refractivity (Wildman–Crippen MR) is 54.1 cm³/mol. The first kappa shape index (κ1) is 11.0. The lowest BCUT2D eigenvalue weighted by Crippen LogP contribution is -2.16. The van der Waals surface area contributed by atoms with Crippen LogP contribution in [0.5, 0.6) is 5.75 Å². The first-order valence-electron chi connectivity index (χ1n) is 4.74. The average Bonchev–Trinajstić information content (AvgIpc) is 2.02. The number of halogens is 1. The van der Waals surface area contributed by atoms with E-state index in [1.165, 1.54) is 6.07 Å². The second kappa shape index (κ2) is 3.95. The van der Waals surface area contributed by atoms with Gasteiger partial charge in [0.25, 0.3) is 0 Å². The standard InChI is InChI=1S/C11H16FNO/c1-5-14-8-6-9(12)10(13-7-8)11(2,3)4/h6-7H,5H2,1-4H3. The van der Waals surface area contributed by atoms with Crippen molar-refractivity contribution in [2.45, 2.75) is 33.1 Å². The summed E-state index contributed by atoms with van der Waals surface area (Å²) in [5, 5.41) is 0. The van der Waals surface area contributed by atoms with Crippen LogP contribution in [-0.2, 0) is 5.41 Å². The van der Waals surface area contributed by atoms with Crippen LogP contribution in [0.25, 0.3) is 0 Å². The molecular formula is C11H16FNO. The summed E-state index contributed by atoms with van der Waals surface area (Å²) in [6.45, 7) is 8.17. The van der Waals surface area contributed by atoms with Gasteiger partial charge in [-0.15, -0.1) is 0 Å². The fourth-order valence-corrected chi connectivity index (χ4v) is 1.22. The minimum atomic E-state index is -0.302. The molecule has 1 heterocycles. The molecule has 78 valence electrons. The molecule has 1 aromatic heterocycles. The van der Waals surface area contributed by atoms with E-state index in [-0.39, 0.29) is 11.2 Å². The van der Waals surface area contributed by atoms with Crippen LogP contribution in [-0.4, -0.2) is 11.6 Å². The Kier molecular flexibility index (Phi) is 3.09. The molecule has 0 spiro atoms. The lowest BCUT2D eigenvalue weighted by atomic mass is 9.91. The van der Waals surface area contributed by atoms with Crippen LogP contribution in [0.4, 0.5) is 4.39 Å². The number of ether oxygens (including phenoxy) is 1. The van der Waals surface area contributed by atoms with Crippen molar-refractivity contribution in [1.29, 1.82) is 0 Å². The Morgan fingerprint density at radius 3 is 2.50 bits per heavy atom. The van der Waals surface area contributed by atoms with Gasteiger partial charge in [-0.1, -0.05) is 20.8 Å². The van der Waals surface area contributed by atoms with E-state index in [0.29, 0.717) is 18.1 Å². The van der Waals surface area contributed by atoms with Crippen LogP contribution in [0, 0.1) is 5.82 Å². The molecule has 3 heteroatoms. The summed E-state index contributed by atoms with van der Waals surface area (Å²) in [6.07, 6.45) is 1.56. The van der Waals surface area contributed by atoms with E-state index in [2.05, 4.69) is 4.98 Å². The van der Waals surface area contributed by atoms with E-state index in [1.807, 2.05) is 27.7 Å². The van der Waals surface area contributed by atoms with Crippen LogP contribution >= 0.6 is 0 Å². The number of hydrogen-bond acceptors (Lipinski definition) is 2. The third kappa shape index (κ3) is 2.44. The van der Waals surface area contributed by atoms with Crippen molar-refractivity contribution in [2.75, 3.05) is 6.61 Å². The molecular weight excluding hydrogens is 181 g/mol. The van der Waals surface area contributed by atoms with Gasteiger partial charge in [-0.2, -0.15) is 0 Å². The van der Waals surface area contributed by atoms with Crippen molar-refractivity contribution in [1.82, 2.24) is 4.98 Å². The maximum atomic E-state index is 13.5. The minimum absolute atomic E-state index is 0.269. The van der Waals surface area contributed by atoms with Gasteiger partial charge in [0.2, 0.25) is 0 Å². The topological polar surface area (TPSA) is 22.1 Å². The Bertz CT molecular complexity index is 318. The zero-order valence-corrected chi connectivity index (χ0v) is 9.10. The first-order valence-corrected chi connectivity index (χ1v) is 4.74. The third-order valence-electron chi connectivity index (χ3n) is 1.84. The van der Waals surface area contributed by atoms with Crippen molar-refractivity contribution in [3.63, 3.8) is 0 Å². The number of hydrogen-bond donors (Lipinski definition) is 0. The lowest BCUT2D eigenvalue weighted by molar-refractivity contribution is 0.335. The van der Waals surface area contributed by atoms with Crippen molar-refractivity contribution < 1.29 is 9.13 Å². The van der Waals surface area contributed by atoms with Gasteiger partial charge in [0, 0.05) is 11.5 Å². The molecule has 0 bridgehead atoms. The highest BCUT2D eigenvalue weighted by molar-refractivity contribution is 5.25. The monoisotopic (exact) mass is 197 g/mol. The van der Waals surface area contributed by atoms with Crippen LogP contribution in [0.2, 0.25) is 0 Å². The number of aromatic nitrogens is 1. The normalized spacial score (nSPS) is 11.5. The van der Waals surface area contributed by atoms with E-state index in [4.69, 9.17) is 4.74 Å². The highest BCUT2D eigenvalue weighted by Crippen LogP contribution is 2.24. The summed E-state index contributed by atoms with van der Waals surface area (Å²) in [7, 11) is 0. The fraction of sp³-hybridized carbons (Fsp3) is 0.545. The summed E-state index contributed by atoms with van der Waals surface area (Å²) in [6, 6.07) is 1.39. The minimum Gasteiger partial charge on any atom is -0.492 e. The fourth-order valence-electron chi connectivity index (χ4n) is 1.22. The van der Waals surface area contributed by atoms with Gasteiger partial charge in [-0.05, 0) is 6.92 Å². The van der Waals surface area contributed by atoms with E-state index in [1.54, 1.807) is 6.20 Å². The molecule has 1 aromatic rings. The molecule has 0 aliphatic rings. The average molecular weight is 197 g/mol. The molecule has 0 aromatic carbocycles. The van der Waals surface area contributed by atoms with E-state index >= 15 is 0 Å². The highest BCUT2D eigenvalue weighted by Gasteiger charge is 2.20. The Labute approximate surface area is 84.1 Å². The van der Waals surface area contributed by atoms with Gasteiger partial charge < -0.3 is 4.74 Å². The van der Waals surface area contributed by atoms with Gasteiger partial charge in [0.15, 0.2) is 0 Å². The summed E-state index contributed by atoms with van der Waals surface area (Å²) >= 11 is 0. The van der Waals surface area contributed by atoms with Crippen LogP contribution in [0.15, 0.2) is 12.3 Å². The molecule has 0 N–H and O–H groups in total. The smallest absolute Gasteiger partial charge is 0.148 e. The Morgan fingerprint density at radius 2 is 2.07 bits per heavy atom. The molecule has 0 saturated heterocycles. The Morgan fingerprint density at radius 1 is 1.43 bits per heavy atom. The molecule has 0 aliphatic heterocycles. The lowest BCUT2D eigenvalue weighted by Gasteiger charge is -2.18. The molecule has 1 rings (SSSR count). The van der Waals surface area contributed by atoms with Gasteiger partial charge in [0.05, 0.1) is 18.5 Å². The second-order valence-electron chi connectivity index (χ2n) is 4.18. The summed E-state index contributed by atoms with van der Waals surface area (Å²) in [4.78, 5) is 4.07. The number of nitrogens with zero attached hydrogens (tertiary/aromatic N) is 1. The number of pyridine rings is 1. The zero-order valence-electron chi connectivity index (χ0n) is 9.10. The number of rotatable bonds is 2. The Balaban J connectivity index is 3.02. The van der Waals surface area contributed by atoms with Crippen LogP contribution < -0.4 is 4.74 Å². The van der Waals surface area contributed by atoms with Crippen LogP contribution in [0.3, 0.4) is 0 Å². The first-order chi connectivity index (χ1) is 6.45. The van der Waals surface area contributed by atoms with Crippen molar-refractivity contribution in [3.05, 3.63) is 23.8 Å².